The van der Waals surface area contributed by atoms with Crippen LogP contribution in [0, 0.1) is 0 Å². The van der Waals surface area contributed by atoms with E-state index in [1.165, 1.54) is 0 Å². The van der Waals surface area contributed by atoms with Gasteiger partial charge in [-0.2, -0.15) is 0 Å². The maximum atomic E-state index is 12.6. The Morgan fingerprint density at radius 1 is 0.800 bits per heavy atom. The molecule has 0 heterocycles. The molecule has 4 aromatic rings. The molecule has 6 heteroatoms. The van der Waals surface area contributed by atoms with Crippen molar-refractivity contribution in [2.75, 3.05) is 6.61 Å². The largest absolute Gasteiger partial charge is 0.479 e. The van der Waals surface area contributed by atoms with Crippen LogP contribution in [0.4, 0.5) is 4.79 Å². The Kier molecular flexibility index (Phi) is 6.38. The van der Waals surface area contributed by atoms with Gasteiger partial charge in [-0.05, 0) is 45.0 Å². The normalized spacial score (nSPS) is 12.9. The third-order valence-electron chi connectivity index (χ3n) is 6.28. The third-order valence-corrected chi connectivity index (χ3v) is 6.97. The Morgan fingerprint density at radius 3 is 1.91 bits per heavy atom. The fourth-order valence-corrected chi connectivity index (χ4v) is 5.11. The molecule has 0 saturated heterocycles. The van der Waals surface area contributed by atoms with Gasteiger partial charge in [-0.15, -0.1) is 0 Å². The summed E-state index contributed by atoms with van der Waals surface area (Å²) >= 11 is 3.53. The maximum absolute atomic E-state index is 12.6. The molecule has 0 spiro atoms. The standard InChI is InChI=1S/C29H22BrNO4/c30-26-12-6-5-7-20(26)18-13-15-19(16-14-18)27(28(32)33)31-29(34)35-17-25-23-10-3-1-8-21(23)22-9-2-4-11-24(22)25/h1-16,25,27H,17H2,(H,31,34)(H,32,33). The number of rotatable bonds is 6. The Morgan fingerprint density at radius 2 is 1.34 bits per heavy atom. The highest BCUT2D eigenvalue weighted by molar-refractivity contribution is 9.10. The minimum atomic E-state index is -1.22. The van der Waals surface area contributed by atoms with Crippen molar-refractivity contribution in [3.63, 3.8) is 0 Å². The minimum Gasteiger partial charge on any atom is -0.479 e. The molecule has 35 heavy (non-hydrogen) atoms. The molecule has 0 aliphatic heterocycles. The van der Waals surface area contributed by atoms with E-state index in [2.05, 4.69) is 33.4 Å². The first-order valence-electron chi connectivity index (χ1n) is 11.2. The fraction of sp³-hybridized carbons (Fsp3) is 0.103. The minimum absolute atomic E-state index is 0.0972. The Bertz CT molecular complexity index is 1350. The molecule has 0 bridgehead atoms. The van der Waals surface area contributed by atoms with Gasteiger partial charge in [0, 0.05) is 10.4 Å². The van der Waals surface area contributed by atoms with Crippen LogP contribution in [0.25, 0.3) is 22.3 Å². The topological polar surface area (TPSA) is 75.6 Å². The summed E-state index contributed by atoms with van der Waals surface area (Å²) in [6, 6.07) is 29.8. The van der Waals surface area contributed by atoms with Crippen molar-refractivity contribution >= 4 is 28.0 Å². The van der Waals surface area contributed by atoms with Gasteiger partial charge in [0.25, 0.3) is 0 Å². The SMILES string of the molecule is O=C(NC(C(=O)O)c1ccc(-c2ccccc2Br)cc1)OCC1c2ccccc2-c2ccccc21. The lowest BCUT2D eigenvalue weighted by Gasteiger charge is -2.18. The van der Waals surface area contributed by atoms with Gasteiger partial charge in [0.15, 0.2) is 6.04 Å². The summed E-state index contributed by atoms with van der Waals surface area (Å²) in [6.07, 6.45) is -0.769. The lowest BCUT2D eigenvalue weighted by atomic mass is 9.98. The quantitative estimate of drug-likeness (QED) is 0.289. The second-order valence-electron chi connectivity index (χ2n) is 8.34. The van der Waals surface area contributed by atoms with Gasteiger partial charge < -0.3 is 15.2 Å². The number of carboxylic acid groups (broad SMARTS) is 1. The predicted molar refractivity (Wildman–Crippen MR) is 138 cm³/mol. The van der Waals surface area contributed by atoms with E-state index in [1.807, 2.05) is 72.8 Å². The van der Waals surface area contributed by atoms with Gasteiger partial charge in [0.1, 0.15) is 6.61 Å². The number of amides is 1. The monoisotopic (exact) mass is 527 g/mol. The summed E-state index contributed by atoms with van der Waals surface area (Å²) in [6.45, 7) is 0.118. The molecule has 0 aromatic heterocycles. The van der Waals surface area contributed by atoms with Gasteiger partial charge in [0.05, 0.1) is 0 Å². The number of carbonyl (C=O) groups excluding carboxylic acids is 1. The summed E-state index contributed by atoms with van der Waals surface area (Å²) in [7, 11) is 0. The van der Waals surface area contributed by atoms with Crippen LogP contribution in [0.2, 0.25) is 0 Å². The van der Waals surface area contributed by atoms with E-state index < -0.39 is 18.1 Å². The number of aliphatic carboxylic acids is 1. The molecule has 1 amide bonds. The van der Waals surface area contributed by atoms with E-state index in [-0.39, 0.29) is 12.5 Å². The van der Waals surface area contributed by atoms with Crippen molar-refractivity contribution in [1.82, 2.24) is 5.32 Å². The van der Waals surface area contributed by atoms with Crippen LogP contribution < -0.4 is 5.32 Å². The van der Waals surface area contributed by atoms with Crippen molar-refractivity contribution in [2.45, 2.75) is 12.0 Å². The van der Waals surface area contributed by atoms with E-state index in [9.17, 15) is 14.7 Å². The Balaban J connectivity index is 1.29. The molecule has 1 unspecified atom stereocenters. The lowest BCUT2D eigenvalue weighted by molar-refractivity contribution is -0.139. The molecule has 0 fully saturated rings. The third kappa shape index (κ3) is 4.57. The van der Waals surface area contributed by atoms with Crippen LogP contribution in [-0.4, -0.2) is 23.8 Å². The number of carboxylic acids is 1. The van der Waals surface area contributed by atoms with E-state index in [0.717, 1.165) is 37.9 Å². The number of ether oxygens (including phenoxy) is 1. The van der Waals surface area contributed by atoms with E-state index in [0.29, 0.717) is 5.56 Å². The molecule has 0 radical (unpaired) electrons. The molecule has 5 rings (SSSR count). The zero-order valence-electron chi connectivity index (χ0n) is 18.6. The molecule has 5 nitrogen and oxygen atoms in total. The van der Waals surface area contributed by atoms with Crippen LogP contribution in [0.1, 0.15) is 28.7 Å². The average molecular weight is 528 g/mol. The zero-order chi connectivity index (χ0) is 24.4. The molecule has 1 aliphatic rings. The number of fused-ring (bicyclic) bond motifs is 3. The Hall–Kier alpha value is -3.90. The second kappa shape index (κ2) is 9.76. The molecule has 2 N–H and O–H groups in total. The first-order chi connectivity index (χ1) is 17.0. The smallest absolute Gasteiger partial charge is 0.408 e. The van der Waals surface area contributed by atoms with E-state index in [4.69, 9.17) is 4.74 Å². The number of halogens is 1. The van der Waals surface area contributed by atoms with Crippen LogP contribution in [-0.2, 0) is 9.53 Å². The van der Waals surface area contributed by atoms with Crippen molar-refractivity contribution < 1.29 is 19.4 Å². The number of hydrogen-bond donors (Lipinski definition) is 2. The lowest BCUT2D eigenvalue weighted by Crippen LogP contribution is -2.34. The van der Waals surface area contributed by atoms with Gasteiger partial charge in [-0.3, -0.25) is 0 Å². The Labute approximate surface area is 211 Å². The summed E-state index contributed by atoms with van der Waals surface area (Å²) < 4.78 is 6.47. The zero-order valence-corrected chi connectivity index (χ0v) is 20.2. The van der Waals surface area contributed by atoms with Crippen LogP contribution in [0.5, 0.6) is 0 Å². The van der Waals surface area contributed by atoms with E-state index >= 15 is 0 Å². The summed E-state index contributed by atoms with van der Waals surface area (Å²) in [5.74, 6) is -1.26. The van der Waals surface area contributed by atoms with Gasteiger partial charge in [-0.25, -0.2) is 9.59 Å². The van der Waals surface area contributed by atoms with Crippen LogP contribution >= 0.6 is 15.9 Å². The van der Waals surface area contributed by atoms with E-state index in [1.54, 1.807) is 12.1 Å². The number of alkyl carbamates (subject to hydrolysis) is 1. The average Bonchev–Trinajstić information content (AvgIpc) is 3.20. The fourth-order valence-electron chi connectivity index (χ4n) is 4.60. The number of nitrogens with one attached hydrogen (secondary N) is 1. The van der Waals surface area contributed by atoms with Crippen molar-refractivity contribution in [3.8, 4) is 22.3 Å². The molecule has 4 aromatic carbocycles. The highest BCUT2D eigenvalue weighted by Gasteiger charge is 2.30. The molecular formula is C29H22BrNO4. The molecule has 1 atom stereocenters. The van der Waals surface area contributed by atoms with Gasteiger partial charge >= 0.3 is 12.1 Å². The maximum Gasteiger partial charge on any atom is 0.408 e. The number of hydrogen-bond acceptors (Lipinski definition) is 3. The summed E-state index contributed by atoms with van der Waals surface area (Å²) in [5.41, 5.74) is 6.85. The first kappa shape index (κ1) is 22.9. The van der Waals surface area contributed by atoms with Crippen molar-refractivity contribution in [1.29, 1.82) is 0 Å². The predicted octanol–water partition coefficient (Wildman–Crippen LogP) is 6.78. The van der Waals surface area contributed by atoms with Crippen LogP contribution in [0.3, 0.4) is 0 Å². The molecule has 0 saturated carbocycles. The van der Waals surface area contributed by atoms with Crippen molar-refractivity contribution in [3.05, 3.63) is 118 Å². The summed E-state index contributed by atoms with van der Waals surface area (Å²) in [4.78, 5) is 24.6. The van der Waals surface area contributed by atoms with Gasteiger partial charge in [-0.1, -0.05) is 107 Å². The molecular weight excluding hydrogens is 506 g/mol. The molecule has 174 valence electrons. The second-order valence-corrected chi connectivity index (χ2v) is 9.20. The number of carbonyl (C=O) groups is 2. The molecule has 1 aliphatic carbocycles. The van der Waals surface area contributed by atoms with Crippen LogP contribution in [0.15, 0.2) is 102 Å². The van der Waals surface area contributed by atoms with Crippen molar-refractivity contribution in [2.24, 2.45) is 0 Å². The highest BCUT2D eigenvalue weighted by Crippen LogP contribution is 2.44. The first-order valence-corrected chi connectivity index (χ1v) is 12.0. The van der Waals surface area contributed by atoms with Gasteiger partial charge in [0.2, 0.25) is 0 Å². The number of benzene rings is 4. The highest BCUT2D eigenvalue weighted by atomic mass is 79.9. The summed E-state index contributed by atoms with van der Waals surface area (Å²) in [5, 5.41) is 12.3.